The summed E-state index contributed by atoms with van der Waals surface area (Å²) in [5.41, 5.74) is 2.30. The van der Waals surface area contributed by atoms with E-state index in [0.717, 1.165) is 35.9 Å². The molecule has 0 aliphatic rings. The maximum atomic E-state index is 5.74. The van der Waals surface area contributed by atoms with E-state index in [9.17, 15) is 0 Å². The van der Waals surface area contributed by atoms with Gasteiger partial charge in [-0.1, -0.05) is 25.5 Å². The molecule has 0 saturated carbocycles. The molecule has 3 heteroatoms. The fourth-order valence-electron chi connectivity index (χ4n) is 1.86. The zero-order valence-corrected chi connectivity index (χ0v) is 12.0. The van der Waals surface area contributed by atoms with Crippen molar-refractivity contribution < 1.29 is 4.74 Å². The quantitative estimate of drug-likeness (QED) is 0.733. The molecule has 96 valence electrons. The van der Waals surface area contributed by atoms with E-state index in [-0.39, 0.29) is 0 Å². The topological polar surface area (TPSA) is 22.1 Å². The van der Waals surface area contributed by atoms with Gasteiger partial charge in [0.2, 0.25) is 0 Å². The van der Waals surface area contributed by atoms with Gasteiger partial charge in [0, 0.05) is 0 Å². The molecule has 2 rings (SSSR count). The SMILES string of the molecule is CCCCOc1cccc(-c2sc(C)nc2C)c1. The minimum Gasteiger partial charge on any atom is -0.494 e. The van der Waals surface area contributed by atoms with E-state index < -0.39 is 0 Å². The molecule has 18 heavy (non-hydrogen) atoms. The summed E-state index contributed by atoms with van der Waals surface area (Å²) in [5, 5.41) is 1.11. The van der Waals surface area contributed by atoms with Crippen LogP contribution in [0.2, 0.25) is 0 Å². The van der Waals surface area contributed by atoms with Gasteiger partial charge >= 0.3 is 0 Å². The maximum Gasteiger partial charge on any atom is 0.119 e. The molecular weight excluding hydrogens is 242 g/mol. The molecule has 2 nitrogen and oxygen atoms in total. The van der Waals surface area contributed by atoms with E-state index in [1.165, 1.54) is 10.4 Å². The predicted molar refractivity (Wildman–Crippen MR) is 77.4 cm³/mol. The lowest BCUT2D eigenvalue weighted by atomic mass is 10.1. The molecule has 0 fully saturated rings. The molecule has 1 aromatic heterocycles. The Morgan fingerprint density at radius 1 is 1.28 bits per heavy atom. The summed E-state index contributed by atoms with van der Waals surface area (Å²) >= 11 is 1.74. The first-order chi connectivity index (χ1) is 8.70. The molecule has 0 amide bonds. The highest BCUT2D eigenvalue weighted by Gasteiger charge is 2.08. The van der Waals surface area contributed by atoms with Gasteiger partial charge in [0.25, 0.3) is 0 Å². The van der Waals surface area contributed by atoms with Crippen LogP contribution in [0, 0.1) is 13.8 Å². The van der Waals surface area contributed by atoms with E-state index in [1.807, 2.05) is 19.1 Å². The third-order valence-electron chi connectivity index (χ3n) is 2.77. The predicted octanol–water partition coefficient (Wildman–Crippen LogP) is 4.61. The lowest BCUT2D eigenvalue weighted by molar-refractivity contribution is 0.309. The van der Waals surface area contributed by atoms with Crippen LogP contribution in [0.15, 0.2) is 24.3 Å². The second kappa shape index (κ2) is 6.01. The Hall–Kier alpha value is -1.35. The first kappa shape index (κ1) is 13.1. The van der Waals surface area contributed by atoms with Crippen molar-refractivity contribution in [2.24, 2.45) is 0 Å². The van der Waals surface area contributed by atoms with E-state index in [1.54, 1.807) is 11.3 Å². The van der Waals surface area contributed by atoms with E-state index in [0.29, 0.717) is 0 Å². The molecule has 0 unspecified atom stereocenters. The monoisotopic (exact) mass is 261 g/mol. The number of nitrogens with zero attached hydrogens (tertiary/aromatic N) is 1. The summed E-state index contributed by atoms with van der Waals surface area (Å²) in [5.74, 6) is 0.950. The summed E-state index contributed by atoms with van der Waals surface area (Å²) in [6.07, 6.45) is 2.26. The van der Waals surface area contributed by atoms with Crippen LogP contribution in [-0.4, -0.2) is 11.6 Å². The van der Waals surface area contributed by atoms with Gasteiger partial charge in [-0.2, -0.15) is 0 Å². The fraction of sp³-hybridized carbons (Fsp3) is 0.400. The molecule has 0 atom stereocenters. The van der Waals surface area contributed by atoms with E-state index in [2.05, 4.69) is 31.0 Å². The van der Waals surface area contributed by atoms with Crippen LogP contribution in [-0.2, 0) is 0 Å². The molecular formula is C15H19NOS. The Balaban J connectivity index is 2.19. The Kier molecular flexibility index (Phi) is 4.37. The van der Waals surface area contributed by atoms with Crippen molar-refractivity contribution in [3.63, 3.8) is 0 Å². The third-order valence-corrected chi connectivity index (χ3v) is 3.89. The van der Waals surface area contributed by atoms with Crippen LogP contribution in [0.5, 0.6) is 5.75 Å². The van der Waals surface area contributed by atoms with Gasteiger partial charge in [-0.05, 0) is 38.0 Å². The van der Waals surface area contributed by atoms with Gasteiger partial charge in [-0.25, -0.2) is 4.98 Å². The highest BCUT2D eigenvalue weighted by atomic mass is 32.1. The second-order valence-corrected chi connectivity index (χ2v) is 5.58. The van der Waals surface area contributed by atoms with Crippen LogP contribution in [0.25, 0.3) is 10.4 Å². The van der Waals surface area contributed by atoms with Crippen LogP contribution in [0.1, 0.15) is 30.5 Å². The molecule has 0 saturated heterocycles. The van der Waals surface area contributed by atoms with Gasteiger partial charge in [-0.15, -0.1) is 11.3 Å². The van der Waals surface area contributed by atoms with E-state index >= 15 is 0 Å². The summed E-state index contributed by atoms with van der Waals surface area (Å²) in [6.45, 7) is 7.07. The van der Waals surface area contributed by atoms with Crippen molar-refractivity contribution in [2.45, 2.75) is 33.6 Å². The van der Waals surface area contributed by atoms with Crippen molar-refractivity contribution in [1.29, 1.82) is 0 Å². The van der Waals surface area contributed by atoms with Crippen molar-refractivity contribution in [3.8, 4) is 16.2 Å². The highest BCUT2D eigenvalue weighted by Crippen LogP contribution is 2.31. The lowest BCUT2D eigenvalue weighted by Crippen LogP contribution is -1.96. The number of rotatable bonds is 5. The molecule has 1 heterocycles. The normalized spacial score (nSPS) is 10.6. The molecule has 0 bridgehead atoms. The molecule has 0 aliphatic carbocycles. The number of ether oxygens (including phenoxy) is 1. The minimum absolute atomic E-state index is 0.792. The average Bonchev–Trinajstić information content (AvgIpc) is 2.69. The summed E-state index contributed by atoms with van der Waals surface area (Å²) in [7, 11) is 0. The van der Waals surface area contributed by atoms with Crippen LogP contribution in [0.3, 0.4) is 0 Å². The number of unbranched alkanes of at least 4 members (excludes halogenated alkanes) is 1. The zero-order valence-electron chi connectivity index (χ0n) is 11.2. The maximum absolute atomic E-state index is 5.74. The Labute approximate surface area is 113 Å². The lowest BCUT2D eigenvalue weighted by Gasteiger charge is -2.06. The Bertz CT molecular complexity index is 519. The molecule has 0 spiro atoms. The molecule has 2 aromatic rings. The second-order valence-electron chi connectivity index (χ2n) is 4.38. The number of aromatic nitrogens is 1. The Morgan fingerprint density at radius 3 is 2.78 bits per heavy atom. The molecule has 0 radical (unpaired) electrons. The van der Waals surface area contributed by atoms with Crippen molar-refractivity contribution in [2.75, 3.05) is 6.61 Å². The Morgan fingerprint density at radius 2 is 2.11 bits per heavy atom. The summed E-state index contributed by atoms with van der Waals surface area (Å²) < 4.78 is 5.74. The first-order valence-corrected chi connectivity index (χ1v) is 7.19. The van der Waals surface area contributed by atoms with Crippen LogP contribution >= 0.6 is 11.3 Å². The first-order valence-electron chi connectivity index (χ1n) is 6.38. The zero-order chi connectivity index (χ0) is 13.0. The van der Waals surface area contributed by atoms with Gasteiger partial charge in [0.1, 0.15) is 5.75 Å². The standard InChI is InChI=1S/C15H19NOS/c1-4-5-9-17-14-8-6-7-13(10-14)15-11(2)16-12(3)18-15/h6-8,10H,4-5,9H2,1-3H3. The summed E-state index contributed by atoms with van der Waals surface area (Å²) in [6, 6.07) is 8.29. The molecule has 1 aromatic carbocycles. The number of thiazole rings is 1. The van der Waals surface area contributed by atoms with Gasteiger partial charge < -0.3 is 4.74 Å². The smallest absolute Gasteiger partial charge is 0.119 e. The molecule has 0 N–H and O–H groups in total. The average molecular weight is 261 g/mol. The summed E-state index contributed by atoms with van der Waals surface area (Å²) in [4.78, 5) is 5.71. The van der Waals surface area contributed by atoms with Crippen LogP contribution in [0.4, 0.5) is 0 Å². The van der Waals surface area contributed by atoms with Gasteiger partial charge in [0.15, 0.2) is 0 Å². The van der Waals surface area contributed by atoms with Gasteiger partial charge in [0.05, 0.1) is 22.2 Å². The van der Waals surface area contributed by atoms with Crippen molar-refractivity contribution >= 4 is 11.3 Å². The third kappa shape index (κ3) is 3.10. The number of aryl methyl sites for hydroxylation is 2. The van der Waals surface area contributed by atoms with Gasteiger partial charge in [-0.3, -0.25) is 0 Å². The van der Waals surface area contributed by atoms with Crippen molar-refractivity contribution in [3.05, 3.63) is 35.0 Å². The fourth-order valence-corrected chi connectivity index (χ4v) is 2.78. The van der Waals surface area contributed by atoms with Crippen LogP contribution < -0.4 is 4.74 Å². The largest absolute Gasteiger partial charge is 0.494 e. The van der Waals surface area contributed by atoms with Crippen molar-refractivity contribution in [1.82, 2.24) is 4.98 Å². The number of hydrogen-bond acceptors (Lipinski definition) is 3. The molecule has 0 aliphatic heterocycles. The highest BCUT2D eigenvalue weighted by molar-refractivity contribution is 7.15. The van der Waals surface area contributed by atoms with E-state index in [4.69, 9.17) is 4.74 Å². The minimum atomic E-state index is 0.792. The number of benzene rings is 1. The number of hydrogen-bond donors (Lipinski definition) is 0.